The van der Waals surface area contributed by atoms with Crippen LogP contribution in [0.1, 0.15) is 45.9 Å². The predicted molar refractivity (Wildman–Crippen MR) is 66.6 cm³/mol. The molecule has 2 unspecified atom stereocenters. The first-order valence-corrected chi connectivity index (χ1v) is 6.44. The molecular formula is C13H23N3. The lowest BCUT2D eigenvalue weighted by Gasteiger charge is -2.24. The van der Waals surface area contributed by atoms with E-state index in [-0.39, 0.29) is 5.41 Å². The number of hydrogen-bond acceptors (Lipinski definition) is 2. The van der Waals surface area contributed by atoms with Gasteiger partial charge in [-0.15, -0.1) is 0 Å². The van der Waals surface area contributed by atoms with Crippen LogP contribution in [0.3, 0.4) is 0 Å². The molecule has 1 N–H and O–H groups in total. The third kappa shape index (κ3) is 2.01. The minimum atomic E-state index is 0.270. The highest BCUT2D eigenvalue weighted by molar-refractivity contribution is 5.13. The molecule has 3 heteroatoms. The molecule has 0 aromatic carbocycles. The van der Waals surface area contributed by atoms with Crippen LogP contribution in [0, 0.1) is 0 Å². The largest absolute Gasteiger partial charge is 0.335 e. The van der Waals surface area contributed by atoms with Gasteiger partial charge in [0.15, 0.2) is 0 Å². The molecule has 0 bridgehead atoms. The first kappa shape index (κ1) is 11.6. The van der Waals surface area contributed by atoms with E-state index in [4.69, 9.17) is 0 Å². The van der Waals surface area contributed by atoms with Crippen LogP contribution < -0.4 is 5.32 Å². The molecule has 0 spiro atoms. The molecule has 90 valence electrons. The summed E-state index contributed by atoms with van der Waals surface area (Å²) in [5, 5.41) is 3.56. The second kappa shape index (κ2) is 4.58. The summed E-state index contributed by atoms with van der Waals surface area (Å²) in [6.45, 7) is 8.83. The van der Waals surface area contributed by atoms with Gasteiger partial charge in [-0.25, -0.2) is 4.98 Å². The third-order valence-corrected chi connectivity index (χ3v) is 3.83. The number of hydrogen-bond donors (Lipinski definition) is 1. The summed E-state index contributed by atoms with van der Waals surface area (Å²) in [5.74, 6) is 1.27. The molecule has 0 radical (unpaired) electrons. The van der Waals surface area contributed by atoms with E-state index in [0.717, 1.165) is 13.1 Å². The smallest absolute Gasteiger partial charge is 0.114 e. The van der Waals surface area contributed by atoms with Crippen molar-refractivity contribution in [2.75, 3.05) is 6.54 Å². The van der Waals surface area contributed by atoms with Crippen molar-refractivity contribution in [3.8, 4) is 0 Å². The van der Waals surface area contributed by atoms with Gasteiger partial charge in [0.25, 0.3) is 0 Å². The van der Waals surface area contributed by atoms with Crippen LogP contribution in [-0.4, -0.2) is 22.1 Å². The average molecular weight is 221 g/mol. The molecule has 16 heavy (non-hydrogen) atoms. The van der Waals surface area contributed by atoms with Gasteiger partial charge in [0.05, 0.1) is 0 Å². The Balaban J connectivity index is 2.15. The normalized spacial score (nSPS) is 29.8. The minimum absolute atomic E-state index is 0.270. The standard InChI is InChI=1S/C13H23N3/c1-4-14-11-6-7-13(3,10-11)12-15-8-9-16(12)5-2/h8-9,11,14H,4-7,10H2,1-3H3. The number of nitrogens with zero attached hydrogens (tertiary/aromatic N) is 2. The maximum Gasteiger partial charge on any atom is 0.114 e. The summed E-state index contributed by atoms with van der Waals surface area (Å²) < 4.78 is 2.29. The molecule has 0 aliphatic heterocycles. The number of nitrogens with one attached hydrogen (secondary N) is 1. The van der Waals surface area contributed by atoms with Crippen molar-refractivity contribution in [2.24, 2.45) is 0 Å². The Hall–Kier alpha value is -0.830. The Kier molecular flexibility index (Phi) is 3.33. The second-order valence-corrected chi connectivity index (χ2v) is 5.09. The van der Waals surface area contributed by atoms with Gasteiger partial charge in [0.2, 0.25) is 0 Å². The van der Waals surface area contributed by atoms with Gasteiger partial charge in [-0.3, -0.25) is 0 Å². The van der Waals surface area contributed by atoms with Crippen LogP contribution in [0.2, 0.25) is 0 Å². The molecule has 1 heterocycles. The molecule has 0 saturated heterocycles. The van der Waals surface area contributed by atoms with Gasteiger partial charge in [0.1, 0.15) is 5.82 Å². The fraction of sp³-hybridized carbons (Fsp3) is 0.769. The first-order chi connectivity index (χ1) is 7.69. The van der Waals surface area contributed by atoms with Gasteiger partial charge in [-0.2, -0.15) is 0 Å². The monoisotopic (exact) mass is 221 g/mol. The summed E-state index contributed by atoms with van der Waals surface area (Å²) in [6.07, 6.45) is 7.78. The van der Waals surface area contributed by atoms with Gasteiger partial charge < -0.3 is 9.88 Å². The Morgan fingerprint density at radius 1 is 1.56 bits per heavy atom. The first-order valence-electron chi connectivity index (χ1n) is 6.44. The summed E-state index contributed by atoms with van der Waals surface area (Å²) in [5.41, 5.74) is 0.270. The van der Waals surface area contributed by atoms with E-state index in [2.05, 4.69) is 41.8 Å². The molecule has 2 rings (SSSR count). The lowest BCUT2D eigenvalue weighted by Crippen LogP contribution is -2.30. The van der Waals surface area contributed by atoms with E-state index in [1.165, 1.54) is 25.1 Å². The number of imidazole rings is 1. The highest BCUT2D eigenvalue weighted by Gasteiger charge is 2.38. The number of aryl methyl sites for hydroxylation is 1. The van der Waals surface area contributed by atoms with Crippen molar-refractivity contribution in [1.29, 1.82) is 0 Å². The minimum Gasteiger partial charge on any atom is -0.335 e. The van der Waals surface area contributed by atoms with E-state index >= 15 is 0 Å². The molecule has 1 aliphatic rings. The molecule has 3 nitrogen and oxygen atoms in total. The Labute approximate surface area is 98.3 Å². The van der Waals surface area contributed by atoms with Crippen LogP contribution in [0.5, 0.6) is 0 Å². The summed E-state index contributed by atoms with van der Waals surface area (Å²) >= 11 is 0. The predicted octanol–water partition coefficient (Wildman–Crippen LogP) is 2.32. The van der Waals surface area contributed by atoms with Crippen LogP contribution in [0.15, 0.2) is 12.4 Å². The van der Waals surface area contributed by atoms with E-state index in [1.807, 2.05) is 6.20 Å². The second-order valence-electron chi connectivity index (χ2n) is 5.09. The Morgan fingerprint density at radius 2 is 2.38 bits per heavy atom. The summed E-state index contributed by atoms with van der Waals surface area (Å²) in [4.78, 5) is 4.57. The number of aromatic nitrogens is 2. The van der Waals surface area contributed by atoms with E-state index in [0.29, 0.717) is 6.04 Å². The maximum atomic E-state index is 4.57. The molecule has 0 amide bonds. The van der Waals surface area contributed by atoms with Crippen LogP contribution in [0.25, 0.3) is 0 Å². The van der Waals surface area contributed by atoms with Crippen molar-refractivity contribution in [3.63, 3.8) is 0 Å². The molecule has 1 aliphatic carbocycles. The lowest BCUT2D eigenvalue weighted by molar-refractivity contribution is 0.415. The van der Waals surface area contributed by atoms with Crippen LogP contribution in [-0.2, 0) is 12.0 Å². The molecule has 2 atom stereocenters. The van der Waals surface area contributed by atoms with Crippen molar-refractivity contribution in [2.45, 2.75) is 58.0 Å². The SMILES string of the molecule is CCNC1CCC(C)(c2nccn2CC)C1. The molecular weight excluding hydrogens is 198 g/mol. The van der Waals surface area contributed by atoms with Crippen molar-refractivity contribution >= 4 is 0 Å². The third-order valence-electron chi connectivity index (χ3n) is 3.83. The fourth-order valence-electron chi connectivity index (χ4n) is 2.99. The van der Waals surface area contributed by atoms with E-state index < -0.39 is 0 Å². The van der Waals surface area contributed by atoms with Gasteiger partial charge >= 0.3 is 0 Å². The molecule has 1 saturated carbocycles. The van der Waals surface area contributed by atoms with Crippen molar-refractivity contribution in [3.05, 3.63) is 18.2 Å². The van der Waals surface area contributed by atoms with Crippen molar-refractivity contribution in [1.82, 2.24) is 14.9 Å². The molecule has 1 fully saturated rings. The molecule has 1 aromatic heterocycles. The Bertz CT molecular complexity index is 345. The topological polar surface area (TPSA) is 29.9 Å². The molecule has 1 aromatic rings. The quantitative estimate of drug-likeness (QED) is 0.845. The fourth-order valence-corrected chi connectivity index (χ4v) is 2.99. The van der Waals surface area contributed by atoms with Gasteiger partial charge in [0, 0.05) is 30.4 Å². The van der Waals surface area contributed by atoms with Gasteiger partial charge in [-0.1, -0.05) is 13.8 Å². The number of rotatable bonds is 4. The zero-order valence-corrected chi connectivity index (χ0v) is 10.7. The van der Waals surface area contributed by atoms with E-state index in [9.17, 15) is 0 Å². The average Bonchev–Trinajstić information content (AvgIpc) is 2.86. The summed E-state index contributed by atoms with van der Waals surface area (Å²) in [6, 6.07) is 0.678. The highest BCUT2D eigenvalue weighted by atomic mass is 15.1. The van der Waals surface area contributed by atoms with Crippen LogP contribution in [0.4, 0.5) is 0 Å². The van der Waals surface area contributed by atoms with Crippen molar-refractivity contribution < 1.29 is 0 Å². The summed E-state index contributed by atoms with van der Waals surface area (Å²) in [7, 11) is 0. The van der Waals surface area contributed by atoms with E-state index in [1.54, 1.807) is 0 Å². The highest BCUT2D eigenvalue weighted by Crippen LogP contribution is 2.39. The Morgan fingerprint density at radius 3 is 3.06 bits per heavy atom. The zero-order valence-electron chi connectivity index (χ0n) is 10.7. The zero-order chi connectivity index (χ0) is 11.6. The lowest BCUT2D eigenvalue weighted by atomic mass is 9.87. The van der Waals surface area contributed by atoms with Gasteiger partial charge in [-0.05, 0) is 32.7 Å². The van der Waals surface area contributed by atoms with Crippen LogP contribution >= 0.6 is 0 Å². The maximum absolute atomic E-state index is 4.57.